The average Bonchev–Trinajstić information content (AvgIpc) is 3.20. The topological polar surface area (TPSA) is 114 Å². The van der Waals surface area contributed by atoms with Crippen LogP contribution in [0.4, 0.5) is 0 Å². The molecule has 0 amide bonds. The lowest BCUT2D eigenvalue weighted by atomic mass is 10.2. The Kier molecular flexibility index (Phi) is 6.22. The number of aromatic nitrogens is 1. The quantitative estimate of drug-likeness (QED) is 0.670. The SMILES string of the molecule is O=S(=O)(NCc1ccncc1)c1ccc(S(=O)(=O)NC[C@H]2CCCO2)cc1. The van der Waals surface area contributed by atoms with Crippen molar-refractivity contribution in [2.45, 2.75) is 35.3 Å². The standard InChI is InChI=1S/C17H21N3O5S2/c21-26(22,19-12-14-7-9-18-10-8-14)16-3-5-17(6-4-16)27(23,24)20-13-15-2-1-11-25-15/h3-10,15,19-20H,1-2,11-13H2/t15-/m1/s1. The molecule has 2 aromatic rings. The second-order valence-electron chi connectivity index (χ2n) is 6.14. The number of nitrogens with zero attached hydrogens (tertiary/aromatic N) is 1. The van der Waals surface area contributed by atoms with Gasteiger partial charge in [0.2, 0.25) is 20.0 Å². The molecule has 1 saturated heterocycles. The molecule has 0 bridgehead atoms. The number of ether oxygens (including phenoxy) is 1. The molecule has 1 atom stereocenters. The minimum atomic E-state index is -3.75. The number of nitrogens with one attached hydrogen (secondary N) is 2. The summed E-state index contributed by atoms with van der Waals surface area (Å²) < 4.78 is 59.7. The first-order valence-corrected chi connectivity index (χ1v) is 11.4. The van der Waals surface area contributed by atoms with Gasteiger partial charge in [-0.15, -0.1) is 0 Å². The van der Waals surface area contributed by atoms with Gasteiger partial charge in [-0.05, 0) is 54.8 Å². The van der Waals surface area contributed by atoms with Crippen molar-refractivity contribution >= 4 is 20.0 Å². The highest BCUT2D eigenvalue weighted by Crippen LogP contribution is 2.16. The zero-order valence-electron chi connectivity index (χ0n) is 14.5. The van der Waals surface area contributed by atoms with Crippen molar-refractivity contribution in [1.82, 2.24) is 14.4 Å². The second kappa shape index (κ2) is 8.44. The van der Waals surface area contributed by atoms with Crippen molar-refractivity contribution in [1.29, 1.82) is 0 Å². The third kappa shape index (κ3) is 5.33. The van der Waals surface area contributed by atoms with Crippen molar-refractivity contribution in [3.05, 3.63) is 54.4 Å². The first-order chi connectivity index (χ1) is 12.9. The largest absolute Gasteiger partial charge is 0.377 e. The van der Waals surface area contributed by atoms with Crippen LogP contribution in [0.3, 0.4) is 0 Å². The fourth-order valence-electron chi connectivity index (χ4n) is 2.65. The van der Waals surface area contributed by atoms with Crippen LogP contribution in [0, 0.1) is 0 Å². The van der Waals surface area contributed by atoms with Crippen LogP contribution >= 0.6 is 0 Å². The van der Waals surface area contributed by atoms with Gasteiger partial charge in [0, 0.05) is 32.1 Å². The second-order valence-corrected chi connectivity index (χ2v) is 9.67. The van der Waals surface area contributed by atoms with Gasteiger partial charge in [-0.1, -0.05) is 0 Å². The van der Waals surface area contributed by atoms with Crippen molar-refractivity contribution in [2.75, 3.05) is 13.2 Å². The van der Waals surface area contributed by atoms with E-state index >= 15 is 0 Å². The molecule has 10 heteroatoms. The third-order valence-corrected chi connectivity index (χ3v) is 7.04. The van der Waals surface area contributed by atoms with E-state index in [-0.39, 0.29) is 29.0 Å². The summed E-state index contributed by atoms with van der Waals surface area (Å²) in [6.45, 7) is 0.967. The van der Waals surface area contributed by atoms with Gasteiger partial charge in [0.15, 0.2) is 0 Å². The Morgan fingerprint density at radius 3 is 2.07 bits per heavy atom. The fourth-order valence-corrected chi connectivity index (χ4v) is 4.74. The zero-order chi connectivity index (χ0) is 19.3. The number of rotatable bonds is 8. The summed E-state index contributed by atoms with van der Waals surface area (Å²) in [5.41, 5.74) is 0.770. The molecular formula is C17H21N3O5S2. The van der Waals surface area contributed by atoms with Gasteiger partial charge < -0.3 is 4.74 Å². The zero-order valence-corrected chi connectivity index (χ0v) is 16.2. The molecule has 8 nitrogen and oxygen atoms in total. The van der Waals surface area contributed by atoms with Gasteiger partial charge in [0.05, 0.1) is 15.9 Å². The van der Waals surface area contributed by atoms with Crippen LogP contribution in [0.1, 0.15) is 18.4 Å². The summed E-state index contributed by atoms with van der Waals surface area (Å²) in [6, 6.07) is 8.51. The van der Waals surface area contributed by atoms with E-state index in [1.165, 1.54) is 24.3 Å². The molecule has 0 radical (unpaired) electrons. The van der Waals surface area contributed by atoms with E-state index in [0.29, 0.717) is 6.61 Å². The van der Waals surface area contributed by atoms with Crippen LogP contribution in [0.15, 0.2) is 58.6 Å². The lowest BCUT2D eigenvalue weighted by Crippen LogP contribution is -2.31. The molecule has 1 fully saturated rings. The van der Waals surface area contributed by atoms with Gasteiger partial charge in [-0.25, -0.2) is 26.3 Å². The molecule has 0 spiro atoms. The normalized spacial score (nSPS) is 17.9. The number of benzene rings is 1. The lowest BCUT2D eigenvalue weighted by molar-refractivity contribution is 0.114. The van der Waals surface area contributed by atoms with Crippen molar-refractivity contribution < 1.29 is 21.6 Å². The van der Waals surface area contributed by atoms with E-state index < -0.39 is 20.0 Å². The van der Waals surface area contributed by atoms with E-state index in [0.717, 1.165) is 18.4 Å². The Morgan fingerprint density at radius 1 is 0.926 bits per heavy atom. The molecule has 1 aromatic heterocycles. The maximum absolute atomic E-state index is 12.4. The van der Waals surface area contributed by atoms with Crippen LogP contribution in [-0.4, -0.2) is 41.1 Å². The van der Waals surface area contributed by atoms with E-state index in [9.17, 15) is 16.8 Å². The number of hydrogen-bond donors (Lipinski definition) is 2. The summed E-state index contributed by atoms with van der Waals surface area (Å²) in [5, 5.41) is 0. The Hall–Kier alpha value is -1.85. The van der Waals surface area contributed by atoms with E-state index in [1.54, 1.807) is 24.5 Å². The van der Waals surface area contributed by atoms with Gasteiger partial charge in [-0.2, -0.15) is 0 Å². The van der Waals surface area contributed by atoms with E-state index in [1.807, 2.05) is 0 Å². The maximum Gasteiger partial charge on any atom is 0.240 e. The van der Waals surface area contributed by atoms with Gasteiger partial charge in [0.1, 0.15) is 0 Å². The van der Waals surface area contributed by atoms with Crippen LogP contribution in [0.5, 0.6) is 0 Å². The monoisotopic (exact) mass is 411 g/mol. The lowest BCUT2D eigenvalue weighted by Gasteiger charge is -2.12. The fraction of sp³-hybridized carbons (Fsp3) is 0.353. The summed E-state index contributed by atoms with van der Waals surface area (Å²) >= 11 is 0. The van der Waals surface area contributed by atoms with Crippen LogP contribution in [-0.2, 0) is 31.3 Å². The molecular weight excluding hydrogens is 390 g/mol. The molecule has 2 heterocycles. The smallest absolute Gasteiger partial charge is 0.240 e. The van der Waals surface area contributed by atoms with Crippen molar-refractivity contribution in [2.24, 2.45) is 0 Å². The van der Waals surface area contributed by atoms with Gasteiger partial charge >= 0.3 is 0 Å². The number of hydrogen-bond acceptors (Lipinski definition) is 6. The van der Waals surface area contributed by atoms with Crippen LogP contribution in [0.2, 0.25) is 0 Å². The Balaban J connectivity index is 1.64. The Morgan fingerprint density at radius 2 is 1.52 bits per heavy atom. The highest BCUT2D eigenvalue weighted by molar-refractivity contribution is 7.90. The predicted molar refractivity (Wildman–Crippen MR) is 98.9 cm³/mol. The molecule has 27 heavy (non-hydrogen) atoms. The van der Waals surface area contributed by atoms with Crippen molar-refractivity contribution in [3.63, 3.8) is 0 Å². The summed E-state index contributed by atoms with van der Waals surface area (Å²) in [6.07, 6.45) is 4.78. The summed E-state index contributed by atoms with van der Waals surface area (Å²) in [5.74, 6) is 0. The van der Waals surface area contributed by atoms with Crippen molar-refractivity contribution in [3.8, 4) is 0 Å². The molecule has 1 aliphatic rings. The third-order valence-electron chi connectivity index (χ3n) is 4.19. The van der Waals surface area contributed by atoms with Crippen LogP contribution < -0.4 is 9.44 Å². The Bertz CT molecular complexity index is 955. The molecule has 0 saturated carbocycles. The summed E-state index contributed by atoms with van der Waals surface area (Å²) in [7, 11) is -7.47. The first-order valence-electron chi connectivity index (χ1n) is 8.47. The minimum absolute atomic E-state index is 0.00497. The highest BCUT2D eigenvalue weighted by atomic mass is 32.2. The molecule has 146 valence electrons. The molecule has 0 aliphatic carbocycles. The van der Waals surface area contributed by atoms with E-state index in [2.05, 4.69) is 14.4 Å². The first kappa shape index (κ1) is 19.9. The molecule has 0 unspecified atom stereocenters. The molecule has 1 aromatic carbocycles. The predicted octanol–water partition coefficient (Wildman–Crippen LogP) is 1.02. The molecule has 3 rings (SSSR count). The molecule has 1 aliphatic heterocycles. The molecule has 2 N–H and O–H groups in total. The van der Waals surface area contributed by atoms with E-state index in [4.69, 9.17) is 4.74 Å². The van der Waals surface area contributed by atoms with Gasteiger partial charge in [0.25, 0.3) is 0 Å². The number of pyridine rings is 1. The number of sulfonamides is 2. The van der Waals surface area contributed by atoms with Gasteiger partial charge in [-0.3, -0.25) is 4.98 Å². The Labute approximate surface area is 159 Å². The highest BCUT2D eigenvalue weighted by Gasteiger charge is 2.21. The maximum atomic E-state index is 12.4. The van der Waals surface area contributed by atoms with Crippen LogP contribution in [0.25, 0.3) is 0 Å². The average molecular weight is 412 g/mol. The minimum Gasteiger partial charge on any atom is -0.377 e. The summed E-state index contributed by atoms with van der Waals surface area (Å²) in [4.78, 5) is 3.88.